The monoisotopic (exact) mass is 412 g/mol. The fraction of sp³-hybridized carbons (Fsp3) is 0.636. The van der Waals surface area contributed by atoms with Gasteiger partial charge in [0, 0.05) is 30.6 Å². The Kier molecular flexibility index (Phi) is 7.72. The van der Waals surface area contributed by atoms with E-state index in [1.54, 1.807) is 6.92 Å². The third-order valence-electron chi connectivity index (χ3n) is 5.98. The molecule has 0 aromatic heterocycles. The van der Waals surface area contributed by atoms with Gasteiger partial charge in [-0.2, -0.15) is 13.2 Å². The van der Waals surface area contributed by atoms with Crippen LogP contribution in [0.4, 0.5) is 18.9 Å². The first kappa shape index (κ1) is 23.2. The van der Waals surface area contributed by atoms with E-state index in [2.05, 4.69) is 5.32 Å². The number of hydrogen-bond donors (Lipinski definition) is 1. The lowest BCUT2D eigenvalue weighted by molar-refractivity contribution is -0.138. The number of amides is 2. The minimum atomic E-state index is -4.47. The molecule has 29 heavy (non-hydrogen) atoms. The lowest BCUT2D eigenvalue weighted by atomic mass is 9.87. The number of nitrogens with zero attached hydrogens (tertiary/aromatic N) is 1. The van der Waals surface area contributed by atoms with Crippen molar-refractivity contribution >= 4 is 17.5 Å². The van der Waals surface area contributed by atoms with Crippen LogP contribution >= 0.6 is 0 Å². The van der Waals surface area contributed by atoms with E-state index in [0.717, 1.165) is 18.6 Å². The molecule has 0 radical (unpaired) electrons. The number of carbonyl (C=O) groups excluding carboxylic acids is 2. The van der Waals surface area contributed by atoms with Gasteiger partial charge in [-0.1, -0.05) is 33.8 Å². The van der Waals surface area contributed by atoms with Crippen LogP contribution in [0.5, 0.6) is 0 Å². The van der Waals surface area contributed by atoms with Crippen molar-refractivity contribution < 1.29 is 22.8 Å². The average Bonchev–Trinajstić information content (AvgIpc) is 2.71. The van der Waals surface area contributed by atoms with Gasteiger partial charge in [0.1, 0.15) is 0 Å². The highest BCUT2D eigenvalue weighted by Crippen LogP contribution is 2.38. The van der Waals surface area contributed by atoms with Crippen molar-refractivity contribution in [2.45, 2.75) is 65.5 Å². The fourth-order valence-electron chi connectivity index (χ4n) is 3.54. The summed E-state index contributed by atoms with van der Waals surface area (Å²) in [6.45, 7) is 8.65. The van der Waals surface area contributed by atoms with Gasteiger partial charge >= 0.3 is 6.18 Å². The van der Waals surface area contributed by atoms with E-state index in [1.807, 2.05) is 25.7 Å². The molecule has 162 valence electrons. The summed E-state index contributed by atoms with van der Waals surface area (Å²) in [6.07, 6.45) is -1.75. The number of nitrogens with one attached hydrogen (secondary N) is 1. The Bertz CT molecular complexity index is 725. The van der Waals surface area contributed by atoms with Gasteiger partial charge in [-0.25, -0.2) is 0 Å². The Morgan fingerprint density at radius 2 is 1.69 bits per heavy atom. The lowest BCUT2D eigenvalue weighted by Gasteiger charge is -2.34. The molecule has 0 bridgehead atoms. The van der Waals surface area contributed by atoms with Crippen LogP contribution < -0.4 is 5.32 Å². The minimum absolute atomic E-state index is 0.00509. The maximum Gasteiger partial charge on any atom is 0.416 e. The van der Waals surface area contributed by atoms with Crippen molar-refractivity contribution in [2.75, 3.05) is 18.4 Å². The summed E-state index contributed by atoms with van der Waals surface area (Å²) in [5.41, 5.74) is 0.173. The molecule has 2 amide bonds. The number of anilines is 1. The molecule has 0 unspecified atom stereocenters. The average molecular weight is 412 g/mol. The molecule has 7 heteroatoms. The van der Waals surface area contributed by atoms with Gasteiger partial charge in [0.2, 0.25) is 11.8 Å². The molecule has 1 aromatic rings. The number of carbonyl (C=O) groups is 2. The summed E-state index contributed by atoms with van der Waals surface area (Å²) in [6, 6.07) is 3.59. The zero-order valence-corrected chi connectivity index (χ0v) is 17.6. The highest BCUT2D eigenvalue weighted by molar-refractivity contribution is 5.93. The van der Waals surface area contributed by atoms with E-state index in [9.17, 15) is 22.8 Å². The van der Waals surface area contributed by atoms with Crippen LogP contribution in [-0.4, -0.2) is 29.8 Å². The van der Waals surface area contributed by atoms with Crippen molar-refractivity contribution in [3.63, 3.8) is 0 Å². The van der Waals surface area contributed by atoms with E-state index >= 15 is 0 Å². The molecule has 1 aliphatic rings. The second-order valence-electron chi connectivity index (χ2n) is 8.01. The summed E-state index contributed by atoms with van der Waals surface area (Å²) in [7, 11) is 0. The van der Waals surface area contributed by atoms with Crippen molar-refractivity contribution in [3.05, 3.63) is 29.3 Å². The Labute approximate surface area is 170 Å². The summed E-state index contributed by atoms with van der Waals surface area (Å²) < 4.78 is 39.6. The van der Waals surface area contributed by atoms with Crippen molar-refractivity contribution in [2.24, 2.45) is 11.8 Å². The van der Waals surface area contributed by atoms with Gasteiger partial charge < -0.3 is 10.2 Å². The Morgan fingerprint density at radius 1 is 1.10 bits per heavy atom. The highest BCUT2D eigenvalue weighted by Gasteiger charge is 2.33. The molecular formula is C22H31F3N2O2. The Balaban J connectivity index is 2.23. The molecule has 0 aliphatic carbocycles. The number of benzene rings is 1. The number of rotatable bonds is 6. The summed E-state index contributed by atoms with van der Waals surface area (Å²) in [4.78, 5) is 26.6. The van der Waals surface area contributed by atoms with E-state index < -0.39 is 11.7 Å². The van der Waals surface area contributed by atoms with Crippen LogP contribution in [0, 0.1) is 11.8 Å². The number of halogens is 3. The SMILES string of the molecule is CC[C@@H](C)C(=O)Nc1cc(C(F)(F)F)ccc1C1CCN(C(=O)[C@H](C)CC)CC1. The molecule has 1 fully saturated rings. The highest BCUT2D eigenvalue weighted by atomic mass is 19.4. The van der Waals surface area contributed by atoms with Crippen LogP contribution in [0.25, 0.3) is 0 Å². The Morgan fingerprint density at radius 3 is 2.21 bits per heavy atom. The van der Waals surface area contributed by atoms with Crippen LogP contribution in [0.1, 0.15) is 70.4 Å². The standard InChI is InChI=1S/C22H31F3N2O2/c1-5-14(3)20(28)26-19-13-17(22(23,24)25)7-8-18(19)16-9-11-27(12-10-16)21(29)15(4)6-2/h7-8,13-16H,5-6,9-12H2,1-4H3,(H,26,28)/t14-,15-/m1/s1. The number of piperidine rings is 1. The minimum Gasteiger partial charge on any atom is -0.342 e. The van der Waals surface area contributed by atoms with Crippen LogP contribution in [0.3, 0.4) is 0 Å². The maximum atomic E-state index is 13.2. The molecule has 0 saturated carbocycles. The lowest BCUT2D eigenvalue weighted by Crippen LogP contribution is -2.40. The van der Waals surface area contributed by atoms with Gasteiger partial charge in [-0.3, -0.25) is 9.59 Å². The Hall–Kier alpha value is -2.05. The second-order valence-corrected chi connectivity index (χ2v) is 8.01. The van der Waals surface area contributed by atoms with Gasteiger partial charge in [0.15, 0.2) is 0 Å². The second kappa shape index (κ2) is 9.63. The molecule has 2 rings (SSSR count). The molecule has 0 spiro atoms. The van der Waals surface area contributed by atoms with Crippen LogP contribution in [0.2, 0.25) is 0 Å². The predicted molar refractivity (Wildman–Crippen MR) is 108 cm³/mol. The topological polar surface area (TPSA) is 49.4 Å². The van der Waals surface area contributed by atoms with Gasteiger partial charge in [0.25, 0.3) is 0 Å². The zero-order valence-electron chi connectivity index (χ0n) is 17.6. The van der Waals surface area contributed by atoms with Crippen LogP contribution in [-0.2, 0) is 15.8 Å². The molecule has 1 saturated heterocycles. The molecule has 1 aromatic carbocycles. The quantitative estimate of drug-likeness (QED) is 0.676. The number of alkyl halides is 3. The summed E-state index contributed by atoms with van der Waals surface area (Å²) in [5, 5.41) is 2.71. The predicted octanol–water partition coefficient (Wildman–Crippen LogP) is 5.44. The van der Waals surface area contributed by atoms with E-state index in [0.29, 0.717) is 37.9 Å². The fourth-order valence-corrected chi connectivity index (χ4v) is 3.54. The largest absolute Gasteiger partial charge is 0.416 e. The van der Waals surface area contributed by atoms with E-state index in [1.165, 1.54) is 6.07 Å². The van der Waals surface area contributed by atoms with Gasteiger partial charge in [0.05, 0.1) is 5.56 Å². The number of likely N-dealkylation sites (tertiary alicyclic amines) is 1. The first-order valence-electron chi connectivity index (χ1n) is 10.4. The summed E-state index contributed by atoms with van der Waals surface area (Å²) >= 11 is 0. The first-order valence-corrected chi connectivity index (χ1v) is 10.4. The smallest absolute Gasteiger partial charge is 0.342 e. The van der Waals surface area contributed by atoms with Crippen molar-refractivity contribution in [1.82, 2.24) is 4.90 Å². The van der Waals surface area contributed by atoms with Crippen molar-refractivity contribution in [1.29, 1.82) is 0 Å². The third-order valence-corrected chi connectivity index (χ3v) is 5.98. The third kappa shape index (κ3) is 5.73. The van der Waals surface area contributed by atoms with E-state index in [4.69, 9.17) is 0 Å². The molecule has 1 aliphatic heterocycles. The molecule has 1 heterocycles. The molecular weight excluding hydrogens is 381 g/mol. The van der Waals surface area contributed by atoms with Crippen molar-refractivity contribution in [3.8, 4) is 0 Å². The van der Waals surface area contributed by atoms with Crippen LogP contribution in [0.15, 0.2) is 18.2 Å². The first-order chi connectivity index (χ1) is 13.6. The zero-order chi connectivity index (χ0) is 21.8. The van der Waals surface area contributed by atoms with Gasteiger partial charge in [-0.15, -0.1) is 0 Å². The molecule has 4 nitrogen and oxygen atoms in total. The number of hydrogen-bond acceptors (Lipinski definition) is 2. The summed E-state index contributed by atoms with van der Waals surface area (Å²) in [5.74, 6) is -0.456. The normalized spacial score (nSPS) is 17.7. The van der Waals surface area contributed by atoms with E-state index in [-0.39, 0.29) is 35.3 Å². The van der Waals surface area contributed by atoms with Gasteiger partial charge in [-0.05, 0) is 49.3 Å². The maximum absolute atomic E-state index is 13.2. The molecule has 1 N–H and O–H groups in total. The molecule has 2 atom stereocenters.